The first-order valence-corrected chi connectivity index (χ1v) is 6.48. The topological polar surface area (TPSA) is 68.2 Å². The smallest absolute Gasteiger partial charge is 0.336 e. The second-order valence-electron chi connectivity index (χ2n) is 4.72. The highest BCUT2D eigenvalue weighted by Gasteiger charge is 2.42. The van der Waals surface area contributed by atoms with Gasteiger partial charge < -0.3 is 14.4 Å². The largest absolute Gasteiger partial charge is 0.468 e. The molecular formula is C15H14N2O4. The Kier molecular flexibility index (Phi) is 3.21. The zero-order valence-electron chi connectivity index (χ0n) is 11.7. The van der Waals surface area contributed by atoms with E-state index in [4.69, 9.17) is 9.47 Å². The maximum Gasteiger partial charge on any atom is 0.336 e. The van der Waals surface area contributed by atoms with Crippen molar-refractivity contribution in [1.82, 2.24) is 0 Å². The van der Waals surface area contributed by atoms with E-state index in [-0.39, 0.29) is 0 Å². The molecule has 21 heavy (non-hydrogen) atoms. The average molecular weight is 286 g/mol. The SMILES string of the molecule is COC(=O)C1=C2C=Nc3ccccc3N2CC1C(=O)OC. The molecule has 0 saturated carbocycles. The van der Waals surface area contributed by atoms with Crippen LogP contribution in [0.4, 0.5) is 11.4 Å². The lowest BCUT2D eigenvalue weighted by atomic mass is 10.0. The molecule has 3 rings (SSSR count). The monoisotopic (exact) mass is 286 g/mol. The number of esters is 2. The van der Waals surface area contributed by atoms with Crippen molar-refractivity contribution >= 4 is 29.5 Å². The molecule has 108 valence electrons. The second kappa shape index (κ2) is 5.05. The fourth-order valence-corrected chi connectivity index (χ4v) is 2.69. The van der Waals surface area contributed by atoms with Gasteiger partial charge in [-0.3, -0.25) is 9.79 Å². The third kappa shape index (κ3) is 1.99. The summed E-state index contributed by atoms with van der Waals surface area (Å²) in [6.07, 6.45) is 1.59. The predicted molar refractivity (Wildman–Crippen MR) is 76.5 cm³/mol. The van der Waals surface area contributed by atoms with Gasteiger partial charge >= 0.3 is 11.9 Å². The molecular weight excluding hydrogens is 272 g/mol. The number of nitrogens with zero attached hydrogens (tertiary/aromatic N) is 2. The number of anilines is 1. The van der Waals surface area contributed by atoms with E-state index in [1.165, 1.54) is 14.2 Å². The summed E-state index contributed by atoms with van der Waals surface area (Å²) in [5, 5.41) is 0. The Morgan fingerprint density at radius 3 is 2.71 bits per heavy atom. The zero-order valence-corrected chi connectivity index (χ0v) is 11.7. The third-order valence-electron chi connectivity index (χ3n) is 3.67. The highest BCUT2D eigenvalue weighted by Crippen LogP contribution is 2.41. The van der Waals surface area contributed by atoms with Gasteiger partial charge in [-0.2, -0.15) is 0 Å². The van der Waals surface area contributed by atoms with Crippen LogP contribution >= 0.6 is 0 Å². The van der Waals surface area contributed by atoms with Gasteiger partial charge in [0.2, 0.25) is 0 Å². The first kappa shape index (κ1) is 13.4. The Morgan fingerprint density at radius 2 is 2.00 bits per heavy atom. The van der Waals surface area contributed by atoms with Gasteiger partial charge in [0.15, 0.2) is 0 Å². The highest BCUT2D eigenvalue weighted by atomic mass is 16.5. The van der Waals surface area contributed by atoms with E-state index in [2.05, 4.69) is 4.99 Å². The lowest BCUT2D eigenvalue weighted by Crippen LogP contribution is -2.28. The Hall–Kier alpha value is -2.63. The van der Waals surface area contributed by atoms with Gasteiger partial charge in [0, 0.05) is 6.54 Å². The number of allylic oxidation sites excluding steroid dienone is 1. The number of rotatable bonds is 2. The van der Waals surface area contributed by atoms with E-state index in [0.29, 0.717) is 17.8 Å². The normalized spacial score (nSPS) is 19.1. The van der Waals surface area contributed by atoms with E-state index in [0.717, 1.165) is 11.4 Å². The summed E-state index contributed by atoms with van der Waals surface area (Å²) < 4.78 is 9.60. The predicted octanol–water partition coefficient (Wildman–Crippen LogP) is 1.44. The van der Waals surface area contributed by atoms with Crippen LogP contribution in [0.25, 0.3) is 0 Å². The molecule has 1 aromatic carbocycles. The summed E-state index contributed by atoms with van der Waals surface area (Å²) in [4.78, 5) is 30.2. The van der Waals surface area contributed by atoms with Crippen LogP contribution in [0, 0.1) is 5.92 Å². The van der Waals surface area contributed by atoms with E-state index < -0.39 is 17.9 Å². The number of ether oxygens (including phenoxy) is 2. The Balaban J connectivity index is 2.12. The summed E-state index contributed by atoms with van der Waals surface area (Å²) in [7, 11) is 2.60. The lowest BCUT2D eigenvalue weighted by Gasteiger charge is -2.25. The molecule has 0 N–H and O–H groups in total. The van der Waals surface area contributed by atoms with Gasteiger partial charge in [0.05, 0.1) is 43.1 Å². The Labute approximate surface area is 121 Å². The van der Waals surface area contributed by atoms with Crippen molar-refractivity contribution in [2.24, 2.45) is 10.9 Å². The van der Waals surface area contributed by atoms with Gasteiger partial charge in [0.25, 0.3) is 0 Å². The van der Waals surface area contributed by atoms with Crippen LogP contribution in [0.1, 0.15) is 0 Å². The second-order valence-corrected chi connectivity index (χ2v) is 4.72. The molecule has 6 heteroatoms. The van der Waals surface area contributed by atoms with Crippen LogP contribution in [-0.2, 0) is 19.1 Å². The lowest BCUT2D eigenvalue weighted by molar-refractivity contribution is -0.146. The van der Waals surface area contributed by atoms with Crippen molar-refractivity contribution < 1.29 is 19.1 Å². The number of benzene rings is 1. The van der Waals surface area contributed by atoms with Crippen molar-refractivity contribution in [3.05, 3.63) is 35.5 Å². The Bertz CT molecular complexity index is 678. The molecule has 0 fully saturated rings. The number of hydrogen-bond acceptors (Lipinski definition) is 6. The molecule has 0 bridgehead atoms. The van der Waals surface area contributed by atoms with Crippen molar-refractivity contribution in [2.45, 2.75) is 0 Å². The van der Waals surface area contributed by atoms with Crippen LogP contribution < -0.4 is 4.90 Å². The van der Waals surface area contributed by atoms with Crippen molar-refractivity contribution in [1.29, 1.82) is 0 Å². The minimum Gasteiger partial charge on any atom is -0.468 e. The fourth-order valence-electron chi connectivity index (χ4n) is 2.69. The van der Waals surface area contributed by atoms with E-state index in [1.807, 2.05) is 29.2 Å². The van der Waals surface area contributed by atoms with Crippen molar-refractivity contribution in [2.75, 3.05) is 25.7 Å². The molecule has 1 aromatic rings. The average Bonchev–Trinajstić information content (AvgIpc) is 2.93. The molecule has 0 aromatic heterocycles. The number of para-hydroxylation sites is 2. The first-order valence-electron chi connectivity index (χ1n) is 6.48. The molecule has 0 saturated heterocycles. The van der Waals surface area contributed by atoms with Crippen LogP contribution in [0.3, 0.4) is 0 Å². The summed E-state index contributed by atoms with van der Waals surface area (Å²) >= 11 is 0. The van der Waals surface area contributed by atoms with Gasteiger partial charge in [-0.05, 0) is 12.1 Å². The molecule has 1 unspecified atom stereocenters. The molecule has 0 spiro atoms. The highest BCUT2D eigenvalue weighted by molar-refractivity contribution is 6.07. The number of fused-ring (bicyclic) bond motifs is 3. The van der Waals surface area contributed by atoms with Crippen molar-refractivity contribution in [3.63, 3.8) is 0 Å². The molecule has 0 amide bonds. The maximum absolute atomic E-state index is 12.0. The minimum absolute atomic E-state index is 0.294. The fraction of sp³-hybridized carbons (Fsp3) is 0.267. The summed E-state index contributed by atoms with van der Waals surface area (Å²) in [6.45, 7) is 0.343. The zero-order chi connectivity index (χ0) is 15.0. The molecule has 6 nitrogen and oxygen atoms in total. The molecule has 2 aliphatic rings. The standard InChI is InChI=1S/C15H14N2O4/c1-20-14(18)9-8-17-11-6-4-3-5-10(11)16-7-12(17)13(9)15(19)21-2/h3-7,9H,8H2,1-2H3. The van der Waals surface area contributed by atoms with E-state index in [9.17, 15) is 9.59 Å². The number of hydrogen-bond donors (Lipinski definition) is 0. The summed E-state index contributed by atoms with van der Waals surface area (Å²) in [6, 6.07) is 7.56. The van der Waals surface area contributed by atoms with E-state index >= 15 is 0 Å². The quantitative estimate of drug-likeness (QED) is 0.769. The van der Waals surface area contributed by atoms with Crippen LogP contribution in [0.2, 0.25) is 0 Å². The van der Waals surface area contributed by atoms with E-state index in [1.54, 1.807) is 6.21 Å². The van der Waals surface area contributed by atoms with Crippen molar-refractivity contribution in [3.8, 4) is 0 Å². The summed E-state index contributed by atoms with van der Waals surface area (Å²) in [5.74, 6) is -1.66. The van der Waals surface area contributed by atoms with Gasteiger partial charge in [-0.15, -0.1) is 0 Å². The third-order valence-corrected chi connectivity index (χ3v) is 3.67. The number of aliphatic imine (C=N–C) groups is 1. The molecule has 2 heterocycles. The van der Waals surface area contributed by atoms with Gasteiger partial charge in [0.1, 0.15) is 5.92 Å². The van der Waals surface area contributed by atoms with Gasteiger partial charge in [-0.1, -0.05) is 12.1 Å². The number of methoxy groups -OCH3 is 2. The maximum atomic E-state index is 12.0. The molecule has 1 atom stereocenters. The molecule has 0 radical (unpaired) electrons. The van der Waals surface area contributed by atoms with Crippen LogP contribution in [0.5, 0.6) is 0 Å². The number of carbonyl (C=O) groups excluding carboxylic acids is 2. The first-order chi connectivity index (χ1) is 10.2. The van der Waals surface area contributed by atoms with Gasteiger partial charge in [-0.25, -0.2) is 4.79 Å². The summed E-state index contributed by atoms with van der Waals surface area (Å²) in [5.41, 5.74) is 2.55. The molecule has 2 aliphatic heterocycles. The number of carbonyl (C=O) groups is 2. The Morgan fingerprint density at radius 1 is 1.24 bits per heavy atom. The van der Waals surface area contributed by atoms with Crippen LogP contribution in [-0.4, -0.2) is 38.9 Å². The van der Waals surface area contributed by atoms with Crippen LogP contribution in [0.15, 0.2) is 40.5 Å². The molecule has 0 aliphatic carbocycles. The minimum atomic E-state index is -0.671.